The number of rotatable bonds is 8. The number of carbonyl (C=O) groups excluding carboxylic acids is 1. The summed E-state index contributed by atoms with van der Waals surface area (Å²) in [5, 5.41) is 3.59. The van der Waals surface area contributed by atoms with Crippen LogP contribution in [0.5, 0.6) is 0 Å². The van der Waals surface area contributed by atoms with Crippen LogP contribution in [0.4, 0.5) is 5.69 Å². The van der Waals surface area contributed by atoms with E-state index in [9.17, 15) is 13.2 Å². The first-order valence-corrected chi connectivity index (χ1v) is 11.6. The maximum absolute atomic E-state index is 12.5. The Morgan fingerprint density at radius 1 is 1.36 bits per heavy atom. The number of sulfonamides is 1. The minimum atomic E-state index is -3.56. The summed E-state index contributed by atoms with van der Waals surface area (Å²) in [4.78, 5) is 12.5. The monoisotopic (exact) mass is 384 g/mol. The third-order valence-electron chi connectivity index (χ3n) is 4.40. The number of hydrogen-bond donors (Lipinski definition) is 1. The summed E-state index contributed by atoms with van der Waals surface area (Å²) in [6, 6.07) is 6.41. The summed E-state index contributed by atoms with van der Waals surface area (Å²) in [6.07, 6.45) is 6.28. The molecule has 0 radical (unpaired) electrons. The molecule has 25 heavy (non-hydrogen) atoms. The van der Waals surface area contributed by atoms with Crippen molar-refractivity contribution in [2.24, 2.45) is 0 Å². The molecule has 1 amide bonds. The summed E-state index contributed by atoms with van der Waals surface area (Å²) in [6.45, 7) is 4.09. The summed E-state index contributed by atoms with van der Waals surface area (Å²) in [7, 11) is -3.56. The van der Waals surface area contributed by atoms with Gasteiger partial charge in [-0.2, -0.15) is 11.8 Å². The summed E-state index contributed by atoms with van der Waals surface area (Å²) >= 11 is 1.90. The van der Waals surface area contributed by atoms with E-state index >= 15 is 0 Å². The van der Waals surface area contributed by atoms with Crippen molar-refractivity contribution in [2.45, 2.75) is 50.8 Å². The van der Waals surface area contributed by atoms with Gasteiger partial charge in [-0.15, -0.1) is 0 Å². The number of aryl methyl sites for hydroxylation is 1. The average Bonchev–Trinajstić information content (AvgIpc) is 3.03. The molecule has 7 heteroatoms. The maximum atomic E-state index is 12.5. The third kappa shape index (κ3) is 5.92. The van der Waals surface area contributed by atoms with E-state index in [0.29, 0.717) is 17.5 Å². The fraction of sp³-hybridized carbons (Fsp3) is 0.611. The molecule has 0 aromatic heterocycles. The lowest BCUT2D eigenvalue weighted by molar-refractivity contribution is -0.121. The van der Waals surface area contributed by atoms with Gasteiger partial charge in [0.05, 0.1) is 11.9 Å². The lowest BCUT2D eigenvalue weighted by atomic mass is 10.2. The van der Waals surface area contributed by atoms with Crippen LogP contribution in [0.1, 0.15) is 38.2 Å². The molecule has 0 aliphatic heterocycles. The van der Waals surface area contributed by atoms with E-state index in [0.717, 1.165) is 17.6 Å². The minimum absolute atomic E-state index is 0.265. The first-order valence-electron chi connectivity index (χ1n) is 8.74. The molecule has 0 heterocycles. The Balaban J connectivity index is 1.96. The molecule has 0 saturated heterocycles. The second-order valence-electron chi connectivity index (χ2n) is 6.64. The summed E-state index contributed by atoms with van der Waals surface area (Å²) in [5.74, 6) is 0.603. The zero-order chi connectivity index (χ0) is 18.4. The SMILES string of the molecule is Cc1cccc(N([C@@H](C)C(=O)NCCSC2CCCC2)S(C)(=O)=O)c1. The molecule has 1 saturated carbocycles. The van der Waals surface area contributed by atoms with Gasteiger partial charge < -0.3 is 5.32 Å². The predicted molar refractivity (Wildman–Crippen MR) is 106 cm³/mol. The van der Waals surface area contributed by atoms with E-state index < -0.39 is 16.1 Å². The number of carbonyl (C=O) groups is 1. The topological polar surface area (TPSA) is 66.5 Å². The molecule has 1 aromatic carbocycles. The van der Waals surface area contributed by atoms with E-state index in [1.165, 1.54) is 30.0 Å². The molecule has 5 nitrogen and oxygen atoms in total. The number of anilines is 1. The Labute approximate surface area is 155 Å². The van der Waals surface area contributed by atoms with Crippen molar-refractivity contribution in [1.29, 1.82) is 0 Å². The van der Waals surface area contributed by atoms with Crippen LogP contribution < -0.4 is 9.62 Å². The molecule has 140 valence electrons. The van der Waals surface area contributed by atoms with Crippen LogP contribution in [0, 0.1) is 6.92 Å². The number of nitrogens with zero attached hydrogens (tertiary/aromatic N) is 1. The second-order valence-corrected chi connectivity index (χ2v) is 9.91. The molecule has 1 aliphatic rings. The summed E-state index contributed by atoms with van der Waals surface area (Å²) in [5.41, 5.74) is 1.47. The largest absolute Gasteiger partial charge is 0.353 e. The van der Waals surface area contributed by atoms with E-state index in [1.54, 1.807) is 25.1 Å². The first kappa shape index (κ1) is 20.1. The Hall–Kier alpha value is -1.21. The molecule has 2 rings (SSSR count). The number of thioether (sulfide) groups is 1. The smallest absolute Gasteiger partial charge is 0.243 e. The molecule has 1 N–H and O–H groups in total. The molecule has 1 aliphatic carbocycles. The van der Waals surface area contributed by atoms with Gasteiger partial charge in [0.1, 0.15) is 6.04 Å². The van der Waals surface area contributed by atoms with Gasteiger partial charge in [-0.1, -0.05) is 25.0 Å². The highest BCUT2D eigenvalue weighted by Gasteiger charge is 2.29. The minimum Gasteiger partial charge on any atom is -0.353 e. The predicted octanol–water partition coefficient (Wildman–Crippen LogP) is 2.94. The fourth-order valence-electron chi connectivity index (χ4n) is 3.18. The third-order valence-corrected chi connectivity index (χ3v) is 7.03. The van der Waals surface area contributed by atoms with Gasteiger partial charge in [-0.25, -0.2) is 8.42 Å². The standard InChI is InChI=1S/C18H28N2O3S2/c1-14-7-6-8-16(13-14)20(25(3,22)23)15(2)18(21)19-11-12-24-17-9-4-5-10-17/h6-8,13,15,17H,4-5,9-12H2,1-3H3,(H,19,21)/t15-/m0/s1. The quantitative estimate of drug-likeness (QED) is 0.700. The van der Waals surface area contributed by atoms with Crippen LogP contribution >= 0.6 is 11.8 Å². The van der Waals surface area contributed by atoms with Gasteiger partial charge in [-0.05, 0) is 44.4 Å². The zero-order valence-electron chi connectivity index (χ0n) is 15.2. The molecular weight excluding hydrogens is 356 g/mol. The van der Waals surface area contributed by atoms with Crippen molar-refractivity contribution < 1.29 is 13.2 Å². The van der Waals surface area contributed by atoms with Crippen LogP contribution in [0.3, 0.4) is 0 Å². The van der Waals surface area contributed by atoms with Crippen LogP contribution in [-0.4, -0.2) is 44.2 Å². The lowest BCUT2D eigenvalue weighted by Crippen LogP contribution is -2.48. The fourth-order valence-corrected chi connectivity index (χ4v) is 5.56. The molecule has 0 bridgehead atoms. The van der Waals surface area contributed by atoms with Crippen molar-refractivity contribution in [3.63, 3.8) is 0 Å². The average molecular weight is 385 g/mol. The van der Waals surface area contributed by atoms with Crippen molar-refractivity contribution >= 4 is 33.4 Å². The molecule has 1 fully saturated rings. The molecule has 1 atom stereocenters. The molecule has 1 aromatic rings. The van der Waals surface area contributed by atoms with E-state index in [2.05, 4.69) is 5.32 Å². The Bertz CT molecular complexity index is 685. The second kappa shape index (κ2) is 8.94. The van der Waals surface area contributed by atoms with E-state index in [1.807, 2.05) is 24.8 Å². The van der Waals surface area contributed by atoms with Gasteiger partial charge in [0.15, 0.2) is 0 Å². The van der Waals surface area contributed by atoms with Crippen LogP contribution in [-0.2, 0) is 14.8 Å². The van der Waals surface area contributed by atoms with Gasteiger partial charge >= 0.3 is 0 Å². The summed E-state index contributed by atoms with van der Waals surface area (Å²) < 4.78 is 25.7. The number of benzene rings is 1. The van der Waals surface area contributed by atoms with Crippen molar-refractivity contribution in [3.8, 4) is 0 Å². The van der Waals surface area contributed by atoms with Crippen molar-refractivity contribution in [2.75, 3.05) is 22.9 Å². The van der Waals surface area contributed by atoms with E-state index in [-0.39, 0.29) is 5.91 Å². The molecule has 0 spiro atoms. The first-order chi connectivity index (χ1) is 11.8. The van der Waals surface area contributed by atoms with Crippen LogP contribution in [0.15, 0.2) is 24.3 Å². The number of nitrogens with one attached hydrogen (secondary N) is 1. The van der Waals surface area contributed by atoms with Crippen LogP contribution in [0.2, 0.25) is 0 Å². The highest BCUT2D eigenvalue weighted by molar-refractivity contribution is 7.99. The van der Waals surface area contributed by atoms with Gasteiger partial charge in [0.25, 0.3) is 0 Å². The maximum Gasteiger partial charge on any atom is 0.243 e. The zero-order valence-corrected chi connectivity index (χ0v) is 16.8. The highest BCUT2D eigenvalue weighted by Crippen LogP contribution is 2.29. The highest BCUT2D eigenvalue weighted by atomic mass is 32.2. The van der Waals surface area contributed by atoms with Gasteiger partial charge in [0, 0.05) is 17.5 Å². The number of hydrogen-bond acceptors (Lipinski definition) is 4. The van der Waals surface area contributed by atoms with Gasteiger partial charge in [-0.3, -0.25) is 9.10 Å². The number of amides is 1. The normalized spacial score (nSPS) is 16.6. The molecular formula is C18H28N2O3S2. The van der Waals surface area contributed by atoms with Crippen molar-refractivity contribution in [1.82, 2.24) is 5.32 Å². The van der Waals surface area contributed by atoms with Crippen molar-refractivity contribution in [3.05, 3.63) is 29.8 Å². The lowest BCUT2D eigenvalue weighted by Gasteiger charge is -2.28. The van der Waals surface area contributed by atoms with Crippen LogP contribution in [0.25, 0.3) is 0 Å². The molecule has 0 unspecified atom stereocenters. The van der Waals surface area contributed by atoms with E-state index in [4.69, 9.17) is 0 Å². The Morgan fingerprint density at radius 3 is 2.64 bits per heavy atom. The Morgan fingerprint density at radius 2 is 2.04 bits per heavy atom. The van der Waals surface area contributed by atoms with Gasteiger partial charge in [0.2, 0.25) is 15.9 Å². The Kier molecular flexibility index (Phi) is 7.19.